The lowest BCUT2D eigenvalue weighted by Gasteiger charge is -2.12. The molecular weight excluding hydrogens is 458 g/mol. The molecule has 0 saturated heterocycles. The SMILES string of the molecule is CS(=O)(=O)c1ccc(-c2oc(C(F)F)cc(=O)c2Oc2ccc(Br)cc2)cc1. The molecule has 1 heterocycles. The molecule has 2 aromatic carbocycles. The molecule has 3 rings (SSSR count). The van der Waals surface area contributed by atoms with Gasteiger partial charge in [-0.25, -0.2) is 17.2 Å². The van der Waals surface area contributed by atoms with Crippen LogP contribution in [0.5, 0.6) is 11.5 Å². The van der Waals surface area contributed by atoms with Gasteiger partial charge in [-0.1, -0.05) is 15.9 Å². The van der Waals surface area contributed by atoms with Crippen molar-refractivity contribution in [2.24, 2.45) is 0 Å². The number of ether oxygens (including phenoxy) is 1. The maximum absolute atomic E-state index is 13.1. The third-order valence-corrected chi connectivity index (χ3v) is 5.37. The number of hydrogen-bond acceptors (Lipinski definition) is 5. The number of hydrogen-bond donors (Lipinski definition) is 0. The highest BCUT2D eigenvalue weighted by atomic mass is 79.9. The van der Waals surface area contributed by atoms with Crippen LogP contribution in [0.25, 0.3) is 11.3 Å². The van der Waals surface area contributed by atoms with E-state index in [1.54, 1.807) is 24.3 Å². The fourth-order valence-electron chi connectivity index (χ4n) is 2.37. The van der Waals surface area contributed by atoms with E-state index in [1.165, 1.54) is 24.3 Å². The molecule has 0 bridgehead atoms. The third kappa shape index (κ3) is 4.48. The summed E-state index contributed by atoms with van der Waals surface area (Å²) in [5.74, 6) is -1.01. The van der Waals surface area contributed by atoms with E-state index < -0.39 is 27.5 Å². The average molecular weight is 471 g/mol. The van der Waals surface area contributed by atoms with E-state index in [9.17, 15) is 22.0 Å². The molecule has 0 radical (unpaired) electrons. The van der Waals surface area contributed by atoms with E-state index >= 15 is 0 Å². The van der Waals surface area contributed by atoms with E-state index in [2.05, 4.69) is 15.9 Å². The van der Waals surface area contributed by atoms with Crippen molar-refractivity contribution in [3.05, 3.63) is 75.1 Å². The van der Waals surface area contributed by atoms with Crippen LogP contribution in [0.4, 0.5) is 8.78 Å². The first kappa shape index (κ1) is 20.2. The lowest BCUT2D eigenvalue weighted by molar-refractivity contribution is 0.120. The molecule has 5 nitrogen and oxygen atoms in total. The van der Waals surface area contributed by atoms with Crippen LogP contribution in [0.3, 0.4) is 0 Å². The molecule has 0 fully saturated rings. The molecule has 0 amide bonds. The Hall–Kier alpha value is -2.52. The smallest absolute Gasteiger partial charge is 0.295 e. The number of halogens is 3. The Balaban J connectivity index is 2.14. The molecule has 0 N–H and O–H groups in total. The second-order valence-electron chi connectivity index (χ2n) is 5.82. The summed E-state index contributed by atoms with van der Waals surface area (Å²) < 4.78 is 61.0. The minimum Gasteiger partial charge on any atom is -0.451 e. The van der Waals surface area contributed by atoms with Gasteiger partial charge >= 0.3 is 0 Å². The van der Waals surface area contributed by atoms with Crippen molar-refractivity contribution in [3.63, 3.8) is 0 Å². The Kier molecular flexibility index (Phi) is 5.66. The molecule has 0 aliphatic heterocycles. The van der Waals surface area contributed by atoms with Crippen LogP contribution >= 0.6 is 15.9 Å². The van der Waals surface area contributed by atoms with E-state index in [4.69, 9.17) is 9.15 Å². The van der Waals surface area contributed by atoms with Gasteiger partial charge in [0.1, 0.15) is 5.75 Å². The first-order chi connectivity index (χ1) is 13.1. The standard InChI is InChI=1S/C19H13BrF2O5S/c1-28(24,25)14-8-2-11(3-9-14)17-18(15(23)10-16(27-17)19(21)22)26-13-6-4-12(20)5-7-13/h2-10,19H,1H3. The quantitative estimate of drug-likeness (QED) is 0.512. The van der Waals surface area contributed by atoms with Gasteiger partial charge < -0.3 is 9.15 Å². The van der Waals surface area contributed by atoms with Crippen LogP contribution in [0.15, 0.2) is 73.2 Å². The highest BCUT2D eigenvalue weighted by Gasteiger charge is 2.21. The Morgan fingerprint density at radius 1 is 1.04 bits per heavy atom. The van der Waals surface area contributed by atoms with Crippen LogP contribution in [0.1, 0.15) is 12.2 Å². The number of alkyl halides is 2. The monoisotopic (exact) mass is 470 g/mol. The molecule has 3 aromatic rings. The molecule has 0 aliphatic carbocycles. The third-order valence-electron chi connectivity index (χ3n) is 3.72. The largest absolute Gasteiger partial charge is 0.451 e. The minimum atomic E-state index is -3.44. The highest BCUT2D eigenvalue weighted by Crippen LogP contribution is 2.34. The Morgan fingerprint density at radius 2 is 1.64 bits per heavy atom. The summed E-state index contributed by atoms with van der Waals surface area (Å²) in [6.07, 6.45) is -1.95. The van der Waals surface area contributed by atoms with Gasteiger partial charge in [0, 0.05) is 22.4 Å². The zero-order valence-electron chi connectivity index (χ0n) is 14.4. The van der Waals surface area contributed by atoms with Crippen LogP contribution < -0.4 is 10.2 Å². The maximum atomic E-state index is 13.1. The molecule has 146 valence electrons. The molecule has 28 heavy (non-hydrogen) atoms. The molecule has 0 saturated carbocycles. The number of rotatable bonds is 5. The predicted octanol–water partition coefficient (Wildman–Crippen LogP) is 5.20. The van der Waals surface area contributed by atoms with Gasteiger partial charge in [0.2, 0.25) is 11.2 Å². The fraction of sp³-hybridized carbons (Fsp3) is 0.105. The fourth-order valence-corrected chi connectivity index (χ4v) is 3.26. The van der Waals surface area contributed by atoms with Crippen LogP contribution in [-0.2, 0) is 9.84 Å². The van der Waals surface area contributed by atoms with E-state index in [0.29, 0.717) is 11.8 Å². The molecular formula is C19H13BrF2O5S. The van der Waals surface area contributed by atoms with Crippen molar-refractivity contribution in [2.75, 3.05) is 6.26 Å². The van der Waals surface area contributed by atoms with Crippen molar-refractivity contribution < 1.29 is 26.4 Å². The Labute approximate surface area is 167 Å². The van der Waals surface area contributed by atoms with Crippen molar-refractivity contribution in [1.82, 2.24) is 0 Å². The second-order valence-corrected chi connectivity index (χ2v) is 8.76. The Morgan fingerprint density at radius 3 is 2.18 bits per heavy atom. The summed E-state index contributed by atoms with van der Waals surface area (Å²) in [5.41, 5.74) is -0.564. The van der Waals surface area contributed by atoms with Gasteiger partial charge in [0.25, 0.3) is 6.43 Å². The normalized spacial score (nSPS) is 11.6. The van der Waals surface area contributed by atoms with Crippen LogP contribution in [0, 0.1) is 0 Å². The van der Waals surface area contributed by atoms with Crippen molar-refractivity contribution in [2.45, 2.75) is 11.3 Å². The van der Waals surface area contributed by atoms with Crippen LogP contribution in [0.2, 0.25) is 0 Å². The zero-order chi connectivity index (χ0) is 20.5. The van der Waals surface area contributed by atoms with Gasteiger partial charge in [0.15, 0.2) is 21.4 Å². The van der Waals surface area contributed by atoms with Gasteiger partial charge in [-0.3, -0.25) is 4.79 Å². The lowest BCUT2D eigenvalue weighted by Crippen LogP contribution is -2.08. The topological polar surface area (TPSA) is 73.6 Å². The predicted molar refractivity (Wildman–Crippen MR) is 103 cm³/mol. The van der Waals surface area contributed by atoms with E-state index in [0.717, 1.165) is 10.7 Å². The second kappa shape index (κ2) is 7.84. The van der Waals surface area contributed by atoms with Gasteiger partial charge in [0.05, 0.1) is 4.90 Å². The minimum absolute atomic E-state index is 0.0407. The average Bonchev–Trinajstić information content (AvgIpc) is 2.64. The summed E-state index contributed by atoms with van der Waals surface area (Å²) in [5, 5.41) is 0. The molecule has 0 spiro atoms. The first-order valence-corrected chi connectivity index (χ1v) is 10.5. The van der Waals surface area contributed by atoms with E-state index in [-0.39, 0.29) is 22.0 Å². The van der Waals surface area contributed by atoms with Crippen molar-refractivity contribution >= 4 is 25.8 Å². The summed E-state index contributed by atoms with van der Waals surface area (Å²) in [4.78, 5) is 12.5. The molecule has 0 aliphatic rings. The summed E-state index contributed by atoms with van der Waals surface area (Å²) in [6.45, 7) is 0. The molecule has 9 heteroatoms. The van der Waals surface area contributed by atoms with Gasteiger partial charge in [-0.05, 0) is 48.5 Å². The lowest BCUT2D eigenvalue weighted by atomic mass is 10.1. The van der Waals surface area contributed by atoms with Gasteiger partial charge in [-0.15, -0.1) is 0 Å². The first-order valence-electron chi connectivity index (χ1n) is 7.85. The maximum Gasteiger partial charge on any atom is 0.295 e. The summed E-state index contributed by atoms with van der Waals surface area (Å²) in [6, 6.07) is 12.5. The summed E-state index contributed by atoms with van der Waals surface area (Å²) in [7, 11) is -3.44. The molecule has 0 atom stereocenters. The summed E-state index contributed by atoms with van der Waals surface area (Å²) >= 11 is 3.28. The molecule has 1 aromatic heterocycles. The number of benzene rings is 2. The zero-order valence-corrected chi connectivity index (χ0v) is 16.8. The highest BCUT2D eigenvalue weighted by molar-refractivity contribution is 9.10. The van der Waals surface area contributed by atoms with Crippen molar-refractivity contribution in [3.8, 4) is 22.8 Å². The van der Waals surface area contributed by atoms with Crippen LogP contribution in [-0.4, -0.2) is 14.7 Å². The molecule has 0 unspecified atom stereocenters. The van der Waals surface area contributed by atoms with Crippen molar-refractivity contribution in [1.29, 1.82) is 0 Å². The number of sulfone groups is 1. The van der Waals surface area contributed by atoms with Gasteiger partial charge in [-0.2, -0.15) is 0 Å². The Bertz CT molecular complexity index is 1150. The van der Waals surface area contributed by atoms with E-state index in [1.807, 2.05) is 0 Å².